The summed E-state index contributed by atoms with van der Waals surface area (Å²) >= 11 is 2.56. The van der Waals surface area contributed by atoms with Crippen LogP contribution in [0.1, 0.15) is 28.3 Å². The number of H-pyrrole nitrogens is 1. The molecule has 1 saturated heterocycles. The molecule has 7 atom stereocenters. The van der Waals surface area contributed by atoms with E-state index in [-0.39, 0.29) is 46.3 Å². The first kappa shape index (κ1) is 33.4. The smallest absolute Gasteiger partial charge is 0.418 e. The number of aromatic amines is 1. The fourth-order valence-electron chi connectivity index (χ4n) is 8.55. The maximum absolute atomic E-state index is 14.1. The number of ether oxygens (including phenoxy) is 3. The number of hydrogen-bond acceptors (Lipinski definition) is 9. The summed E-state index contributed by atoms with van der Waals surface area (Å²) in [5.41, 5.74) is -0.117. The summed E-state index contributed by atoms with van der Waals surface area (Å²) in [6.45, 7) is -0.299. The van der Waals surface area contributed by atoms with Gasteiger partial charge >= 0.3 is 11.0 Å². The molecule has 2 N–H and O–H groups in total. The maximum Gasteiger partial charge on any atom is 0.418 e. The van der Waals surface area contributed by atoms with E-state index in [1.54, 1.807) is 43.5 Å². The van der Waals surface area contributed by atoms with Crippen molar-refractivity contribution in [3.05, 3.63) is 92.4 Å². The third-order valence-electron chi connectivity index (χ3n) is 10.5. The van der Waals surface area contributed by atoms with Crippen molar-refractivity contribution < 1.29 is 41.8 Å². The van der Waals surface area contributed by atoms with Gasteiger partial charge in [-0.3, -0.25) is 19.2 Å². The zero-order chi connectivity index (χ0) is 35.8. The predicted octanol–water partition coefficient (Wildman–Crippen LogP) is 6.17. The molecular formula is C36H30F3N3O7S2. The first-order valence-electron chi connectivity index (χ1n) is 16.2. The van der Waals surface area contributed by atoms with Gasteiger partial charge in [0.2, 0.25) is 11.8 Å². The Kier molecular flexibility index (Phi) is 8.17. The highest BCUT2D eigenvalue weighted by Crippen LogP contribution is 2.69. The number of thiazole rings is 1. The van der Waals surface area contributed by atoms with E-state index in [2.05, 4.69) is 10.3 Å². The molecule has 15 heteroatoms. The molecule has 0 spiro atoms. The van der Waals surface area contributed by atoms with Gasteiger partial charge in [-0.25, -0.2) is 4.90 Å². The molecule has 4 aromatic rings. The molecule has 8 rings (SSSR count). The highest BCUT2D eigenvalue weighted by molar-refractivity contribution is 8.00. The van der Waals surface area contributed by atoms with E-state index in [0.29, 0.717) is 34.4 Å². The van der Waals surface area contributed by atoms with E-state index in [0.717, 1.165) is 32.7 Å². The summed E-state index contributed by atoms with van der Waals surface area (Å²) in [5, 5.41) is 3.28. The Morgan fingerprint density at radius 3 is 2.37 bits per heavy atom. The Morgan fingerprint density at radius 1 is 0.941 bits per heavy atom. The SMILES string of the molecule is COc1ccc(NC(=O)COc2ccc([C@@H]3c4sc(=O)[nH]c4S[C@@H]4[C@@H]5C[C@@H]([C@@H]6C(=O)N(c7ccccc7C(F)(F)F)C(=O)[C@@H]56)[C@H]34)cc2OC)cc1. The van der Waals surface area contributed by atoms with Crippen molar-refractivity contribution in [2.45, 2.75) is 28.8 Å². The number of hydrogen-bond donors (Lipinski definition) is 2. The van der Waals surface area contributed by atoms with E-state index in [9.17, 15) is 32.3 Å². The maximum atomic E-state index is 14.1. The lowest BCUT2D eigenvalue weighted by Crippen LogP contribution is -2.42. The Morgan fingerprint density at radius 2 is 1.67 bits per heavy atom. The van der Waals surface area contributed by atoms with Crippen LogP contribution in [0.15, 0.2) is 76.6 Å². The second-order valence-electron chi connectivity index (χ2n) is 13.0. The third-order valence-corrected chi connectivity index (χ3v) is 13.0. The van der Waals surface area contributed by atoms with Gasteiger partial charge in [0.25, 0.3) is 5.91 Å². The highest BCUT2D eigenvalue weighted by atomic mass is 32.2. The summed E-state index contributed by atoms with van der Waals surface area (Å²) in [6.07, 6.45) is -4.18. The van der Waals surface area contributed by atoms with Crippen molar-refractivity contribution in [1.29, 1.82) is 0 Å². The van der Waals surface area contributed by atoms with Crippen molar-refractivity contribution in [1.82, 2.24) is 4.98 Å². The molecule has 3 amide bonds. The number of nitrogens with zero attached hydrogens (tertiary/aromatic N) is 1. The minimum absolute atomic E-state index is 0.169. The molecule has 3 aromatic carbocycles. The number of imide groups is 1. The predicted molar refractivity (Wildman–Crippen MR) is 183 cm³/mol. The first-order valence-corrected chi connectivity index (χ1v) is 17.9. The lowest BCUT2D eigenvalue weighted by molar-refractivity contribution is -0.137. The number of anilines is 2. The lowest BCUT2D eigenvalue weighted by Gasteiger charge is -2.43. The van der Waals surface area contributed by atoms with Crippen LogP contribution in [0.2, 0.25) is 0 Å². The van der Waals surface area contributed by atoms with E-state index < -0.39 is 41.1 Å². The van der Waals surface area contributed by atoms with Gasteiger partial charge in [-0.2, -0.15) is 13.2 Å². The normalized spacial score (nSPS) is 26.1. The second-order valence-corrected chi connectivity index (χ2v) is 15.2. The number of aromatic nitrogens is 1. The van der Waals surface area contributed by atoms with Gasteiger partial charge in [0.05, 0.1) is 42.3 Å². The van der Waals surface area contributed by atoms with E-state index >= 15 is 0 Å². The van der Waals surface area contributed by atoms with Gasteiger partial charge in [0, 0.05) is 21.7 Å². The van der Waals surface area contributed by atoms with E-state index in [1.807, 2.05) is 6.07 Å². The van der Waals surface area contributed by atoms with Gasteiger partial charge in [-0.05, 0) is 78.3 Å². The summed E-state index contributed by atoms with van der Waals surface area (Å²) in [6, 6.07) is 16.9. The molecule has 2 aliphatic carbocycles. The zero-order valence-corrected chi connectivity index (χ0v) is 28.7. The molecule has 0 radical (unpaired) electrons. The minimum atomic E-state index is -4.75. The molecule has 1 aromatic heterocycles. The van der Waals surface area contributed by atoms with Crippen LogP contribution in [0.4, 0.5) is 24.5 Å². The summed E-state index contributed by atoms with van der Waals surface area (Å²) in [4.78, 5) is 57.6. The van der Waals surface area contributed by atoms with Gasteiger partial charge in [-0.15, -0.1) is 11.8 Å². The Balaban J connectivity index is 1.09. The Hall–Kier alpha value is -4.76. The summed E-state index contributed by atoms with van der Waals surface area (Å²) in [5.74, 6) is -2.96. The van der Waals surface area contributed by atoms with E-state index in [1.165, 1.54) is 37.1 Å². The van der Waals surface area contributed by atoms with Gasteiger partial charge < -0.3 is 24.5 Å². The number of amides is 3. The number of carbonyl (C=O) groups is 3. The molecule has 3 fully saturated rings. The molecule has 51 heavy (non-hydrogen) atoms. The quantitative estimate of drug-likeness (QED) is 0.206. The van der Waals surface area contributed by atoms with Crippen LogP contribution in [0, 0.1) is 29.6 Å². The van der Waals surface area contributed by atoms with Crippen LogP contribution in [0.25, 0.3) is 0 Å². The monoisotopic (exact) mass is 737 g/mol. The molecular weight excluding hydrogens is 708 g/mol. The molecule has 3 heterocycles. The highest BCUT2D eigenvalue weighted by Gasteiger charge is 2.70. The summed E-state index contributed by atoms with van der Waals surface area (Å²) < 4.78 is 58.7. The van der Waals surface area contributed by atoms with Crippen molar-refractivity contribution >= 4 is 52.2 Å². The average molecular weight is 738 g/mol. The lowest BCUT2D eigenvalue weighted by atomic mass is 9.68. The molecule has 4 aliphatic rings. The summed E-state index contributed by atoms with van der Waals surface area (Å²) in [7, 11) is 3.02. The molecule has 10 nitrogen and oxygen atoms in total. The molecule has 264 valence electrons. The van der Waals surface area contributed by atoms with E-state index in [4.69, 9.17) is 14.2 Å². The zero-order valence-electron chi connectivity index (χ0n) is 27.1. The standard InChI is InChI=1S/C36H30F3N3O7S2/c1-47-18-10-8-17(9-11-18)40-25(43)15-49-23-12-7-16(13-24(23)48-2)26-27-19-14-20(30(27)50-32-31(26)51-35(46)41-32)29-28(19)33(44)42(34(29)45)22-6-4-3-5-21(22)36(37,38)39/h3-13,19-20,26-30H,14-15H2,1-2H3,(H,40,43)(H,41,46)/t19-,20-,26+,27-,28+,29+,30-/m1/s1. The van der Waals surface area contributed by atoms with Crippen molar-refractivity contribution in [3.63, 3.8) is 0 Å². The number of halogens is 3. The number of para-hydroxylation sites is 1. The van der Waals surface area contributed by atoms with Crippen molar-refractivity contribution in [2.24, 2.45) is 29.6 Å². The third kappa shape index (κ3) is 5.48. The Bertz CT molecular complexity index is 2120. The number of thioether (sulfide) groups is 1. The molecule has 0 unspecified atom stereocenters. The van der Waals surface area contributed by atoms with Crippen LogP contribution in [0.3, 0.4) is 0 Å². The fourth-order valence-corrected chi connectivity index (χ4v) is 11.4. The van der Waals surface area contributed by atoms with Gasteiger partial charge in [-0.1, -0.05) is 29.5 Å². The number of carbonyl (C=O) groups excluding carboxylic acids is 3. The van der Waals surface area contributed by atoms with Crippen molar-refractivity contribution in [2.75, 3.05) is 31.0 Å². The van der Waals surface area contributed by atoms with Gasteiger partial charge in [0.15, 0.2) is 18.1 Å². The van der Waals surface area contributed by atoms with Crippen LogP contribution < -0.4 is 29.3 Å². The Labute approximate surface area is 297 Å². The van der Waals surface area contributed by atoms with Crippen LogP contribution in [0.5, 0.6) is 17.2 Å². The minimum Gasteiger partial charge on any atom is -0.497 e. The van der Waals surface area contributed by atoms with Crippen LogP contribution in [-0.2, 0) is 20.6 Å². The molecule has 2 aliphatic heterocycles. The van der Waals surface area contributed by atoms with Gasteiger partial charge in [0.1, 0.15) is 5.75 Å². The largest absolute Gasteiger partial charge is 0.497 e. The van der Waals surface area contributed by atoms with Crippen LogP contribution >= 0.6 is 23.1 Å². The fraction of sp³-hybridized carbons (Fsp3) is 0.333. The number of alkyl halides is 3. The second kappa shape index (κ2) is 12.5. The van der Waals surface area contributed by atoms with Crippen molar-refractivity contribution in [3.8, 4) is 17.2 Å². The average Bonchev–Trinajstić information content (AvgIpc) is 3.85. The number of rotatable bonds is 8. The molecule has 2 bridgehead atoms. The first-order chi connectivity index (χ1) is 24.5. The number of nitrogens with one attached hydrogen (secondary N) is 2. The van der Waals surface area contributed by atoms with Crippen LogP contribution in [-0.4, -0.2) is 48.8 Å². The molecule has 2 saturated carbocycles. The number of fused-ring (bicyclic) bond motifs is 9. The number of methoxy groups -OCH3 is 2. The number of benzene rings is 3. The topological polar surface area (TPSA) is 127 Å².